The largest absolute Gasteiger partial charge is 0.478 e. The molecule has 0 spiro atoms. The summed E-state index contributed by atoms with van der Waals surface area (Å²) in [4.78, 5) is 15.8. The van der Waals surface area contributed by atoms with Gasteiger partial charge in [-0.25, -0.2) is 9.18 Å². The van der Waals surface area contributed by atoms with Crippen LogP contribution >= 0.6 is 0 Å². The van der Waals surface area contributed by atoms with E-state index in [-0.39, 0.29) is 17.3 Å². The van der Waals surface area contributed by atoms with Crippen LogP contribution in [0.3, 0.4) is 0 Å². The number of carboxylic acid groups (broad SMARTS) is 1. The van der Waals surface area contributed by atoms with Crippen LogP contribution in [-0.2, 0) is 0 Å². The molecule has 2 aromatic rings. The Morgan fingerprint density at radius 3 is 2.70 bits per heavy atom. The molecule has 0 aliphatic heterocycles. The molecule has 3 nitrogen and oxygen atoms in total. The van der Waals surface area contributed by atoms with Crippen molar-refractivity contribution in [2.24, 2.45) is 0 Å². The van der Waals surface area contributed by atoms with Crippen LogP contribution in [-0.4, -0.2) is 16.1 Å². The molecule has 1 N–H and O–H groups in total. The number of aromatic nitrogens is 1. The molecule has 1 heterocycles. The normalized spacial score (nSPS) is 14.3. The number of carboxylic acids is 1. The average Bonchev–Trinajstić information content (AvgIpc) is 3.22. The molecule has 0 atom stereocenters. The Kier molecular flexibility index (Phi) is 3.01. The number of aryl methyl sites for hydroxylation is 1. The van der Waals surface area contributed by atoms with E-state index in [2.05, 4.69) is 4.98 Å². The zero-order valence-electron chi connectivity index (χ0n) is 11.1. The zero-order valence-corrected chi connectivity index (χ0v) is 11.1. The summed E-state index contributed by atoms with van der Waals surface area (Å²) in [7, 11) is 0. The molecular weight excluding hydrogens is 257 g/mol. The fourth-order valence-corrected chi connectivity index (χ4v) is 2.39. The van der Waals surface area contributed by atoms with Crippen molar-refractivity contribution < 1.29 is 14.3 Å². The smallest absolute Gasteiger partial charge is 0.337 e. The maximum absolute atomic E-state index is 13.3. The average molecular weight is 271 g/mol. The molecule has 1 aromatic heterocycles. The van der Waals surface area contributed by atoms with Crippen molar-refractivity contribution in [3.05, 3.63) is 53.0 Å². The third-order valence-electron chi connectivity index (χ3n) is 3.54. The molecule has 0 bridgehead atoms. The van der Waals surface area contributed by atoms with Gasteiger partial charge in [-0.1, -0.05) is 12.1 Å². The first kappa shape index (κ1) is 12.8. The van der Waals surface area contributed by atoms with E-state index in [9.17, 15) is 14.3 Å². The van der Waals surface area contributed by atoms with E-state index in [1.807, 2.05) is 0 Å². The lowest BCUT2D eigenvalue weighted by Gasteiger charge is -2.11. The molecule has 1 fully saturated rings. The summed E-state index contributed by atoms with van der Waals surface area (Å²) in [6.45, 7) is 1.80. The number of carbonyl (C=O) groups is 1. The van der Waals surface area contributed by atoms with Gasteiger partial charge in [0.15, 0.2) is 0 Å². The van der Waals surface area contributed by atoms with Crippen LogP contribution in [0.25, 0.3) is 11.3 Å². The van der Waals surface area contributed by atoms with Crippen molar-refractivity contribution in [3.63, 3.8) is 0 Å². The highest BCUT2D eigenvalue weighted by Crippen LogP contribution is 2.42. The number of halogens is 1. The number of rotatable bonds is 3. The summed E-state index contributed by atoms with van der Waals surface area (Å²) in [5.74, 6) is -1.04. The van der Waals surface area contributed by atoms with Crippen LogP contribution in [0.2, 0.25) is 0 Å². The predicted molar refractivity (Wildman–Crippen MR) is 73.3 cm³/mol. The van der Waals surface area contributed by atoms with Gasteiger partial charge < -0.3 is 5.11 Å². The van der Waals surface area contributed by atoms with Gasteiger partial charge in [-0.05, 0) is 43.5 Å². The van der Waals surface area contributed by atoms with Crippen LogP contribution in [0.5, 0.6) is 0 Å². The van der Waals surface area contributed by atoms with Gasteiger partial charge in [-0.15, -0.1) is 0 Å². The molecule has 20 heavy (non-hydrogen) atoms. The number of aromatic carboxylic acids is 1. The van der Waals surface area contributed by atoms with E-state index in [0.717, 1.165) is 18.4 Å². The summed E-state index contributed by atoms with van der Waals surface area (Å²) in [6.07, 6.45) is 1.94. The Balaban J connectivity index is 2.17. The standard InChI is InChI=1S/C16H14FNO2/c1-9-7-13(16(19)20)15(10-5-6-10)18-14(9)11-3-2-4-12(17)8-11/h2-4,7-8,10H,5-6H2,1H3,(H,19,20). The molecule has 0 unspecified atom stereocenters. The van der Waals surface area contributed by atoms with Crippen molar-refractivity contribution in [2.45, 2.75) is 25.7 Å². The highest BCUT2D eigenvalue weighted by atomic mass is 19.1. The predicted octanol–water partition coefficient (Wildman–Crippen LogP) is 3.77. The lowest BCUT2D eigenvalue weighted by atomic mass is 10.0. The van der Waals surface area contributed by atoms with Crippen molar-refractivity contribution in [3.8, 4) is 11.3 Å². The number of hydrogen-bond acceptors (Lipinski definition) is 2. The van der Waals surface area contributed by atoms with Crippen LogP contribution in [0.1, 0.15) is 40.4 Å². The van der Waals surface area contributed by atoms with E-state index >= 15 is 0 Å². The van der Waals surface area contributed by atoms with Crippen molar-refractivity contribution in [1.82, 2.24) is 4.98 Å². The van der Waals surface area contributed by atoms with E-state index in [0.29, 0.717) is 17.0 Å². The van der Waals surface area contributed by atoms with E-state index < -0.39 is 5.97 Å². The van der Waals surface area contributed by atoms with Crippen molar-refractivity contribution in [1.29, 1.82) is 0 Å². The maximum atomic E-state index is 13.3. The third-order valence-corrected chi connectivity index (χ3v) is 3.54. The Bertz CT molecular complexity index is 693. The van der Waals surface area contributed by atoms with Crippen molar-refractivity contribution >= 4 is 5.97 Å². The third kappa shape index (κ3) is 2.29. The molecule has 1 saturated carbocycles. The maximum Gasteiger partial charge on any atom is 0.337 e. The minimum Gasteiger partial charge on any atom is -0.478 e. The second kappa shape index (κ2) is 4.71. The molecule has 4 heteroatoms. The topological polar surface area (TPSA) is 50.2 Å². The van der Waals surface area contributed by atoms with Crippen LogP contribution in [0.4, 0.5) is 4.39 Å². The van der Waals surface area contributed by atoms with E-state index in [4.69, 9.17) is 0 Å². The Labute approximate surface area is 116 Å². The second-order valence-electron chi connectivity index (χ2n) is 5.18. The van der Waals surface area contributed by atoms with Gasteiger partial charge in [0.1, 0.15) is 5.82 Å². The van der Waals surface area contributed by atoms with Gasteiger partial charge in [-0.2, -0.15) is 0 Å². The molecule has 0 amide bonds. The fourth-order valence-electron chi connectivity index (χ4n) is 2.39. The number of pyridine rings is 1. The first-order chi connectivity index (χ1) is 9.56. The summed E-state index contributed by atoms with van der Waals surface area (Å²) < 4.78 is 13.3. The van der Waals surface area contributed by atoms with E-state index in [1.165, 1.54) is 12.1 Å². The monoisotopic (exact) mass is 271 g/mol. The highest BCUT2D eigenvalue weighted by Gasteiger charge is 2.30. The molecule has 3 rings (SSSR count). The summed E-state index contributed by atoms with van der Waals surface area (Å²) in [5.41, 5.74) is 2.99. The first-order valence-corrected chi connectivity index (χ1v) is 6.57. The van der Waals surface area contributed by atoms with Gasteiger partial charge in [0.05, 0.1) is 17.0 Å². The van der Waals surface area contributed by atoms with Gasteiger partial charge in [0.25, 0.3) is 0 Å². The Morgan fingerprint density at radius 2 is 2.10 bits per heavy atom. The summed E-state index contributed by atoms with van der Waals surface area (Å²) >= 11 is 0. The minimum absolute atomic E-state index is 0.231. The summed E-state index contributed by atoms with van der Waals surface area (Å²) in [6, 6.07) is 7.87. The number of nitrogens with zero attached hydrogens (tertiary/aromatic N) is 1. The lowest BCUT2D eigenvalue weighted by Crippen LogP contribution is -2.06. The molecule has 0 radical (unpaired) electrons. The van der Waals surface area contributed by atoms with Gasteiger partial charge >= 0.3 is 5.97 Å². The SMILES string of the molecule is Cc1cc(C(=O)O)c(C2CC2)nc1-c1cccc(F)c1. The van der Waals surface area contributed by atoms with Crippen molar-refractivity contribution in [2.75, 3.05) is 0 Å². The first-order valence-electron chi connectivity index (χ1n) is 6.57. The second-order valence-corrected chi connectivity index (χ2v) is 5.18. The minimum atomic E-state index is -0.951. The molecule has 1 aliphatic carbocycles. The summed E-state index contributed by atoms with van der Waals surface area (Å²) in [5, 5.41) is 9.27. The van der Waals surface area contributed by atoms with Gasteiger partial charge in [0.2, 0.25) is 0 Å². The molecule has 1 aromatic carbocycles. The van der Waals surface area contributed by atoms with E-state index in [1.54, 1.807) is 25.1 Å². The zero-order chi connectivity index (χ0) is 14.3. The number of hydrogen-bond donors (Lipinski definition) is 1. The lowest BCUT2D eigenvalue weighted by molar-refractivity contribution is 0.0695. The van der Waals surface area contributed by atoms with Crippen LogP contribution in [0, 0.1) is 12.7 Å². The fraction of sp³-hybridized carbons (Fsp3) is 0.250. The number of benzene rings is 1. The van der Waals surface area contributed by atoms with Crippen LogP contribution in [0.15, 0.2) is 30.3 Å². The Morgan fingerprint density at radius 1 is 1.35 bits per heavy atom. The van der Waals surface area contributed by atoms with Gasteiger partial charge in [0, 0.05) is 11.5 Å². The molecular formula is C16H14FNO2. The highest BCUT2D eigenvalue weighted by molar-refractivity contribution is 5.90. The Hall–Kier alpha value is -2.23. The quantitative estimate of drug-likeness (QED) is 0.924. The molecule has 0 saturated heterocycles. The van der Waals surface area contributed by atoms with Gasteiger partial charge in [-0.3, -0.25) is 4.98 Å². The molecule has 1 aliphatic rings. The van der Waals surface area contributed by atoms with Crippen LogP contribution < -0.4 is 0 Å². The molecule has 102 valence electrons.